The van der Waals surface area contributed by atoms with E-state index in [0.29, 0.717) is 23.5 Å². The molecule has 1 aromatic carbocycles. The molecule has 3 heterocycles. The van der Waals surface area contributed by atoms with E-state index in [1.807, 2.05) is 18.2 Å². The number of nitrogens with one attached hydrogen (secondary N) is 2. The number of fused-ring (bicyclic) bond motifs is 1. The lowest BCUT2D eigenvalue weighted by Crippen LogP contribution is -2.41. The maximum atomic E-state index is 12.4. The average molecular weight is 443 g/mol. The minimum atomic E-state index is -0.574. The van der Waals surface area contributed by atoms with E-state index in [4.69, 9.17) is 8.83 Å². The third-order valence-electron chi connectivity index (χ3n) is 4.14. The van der Waals surface area contributed by atoms with E-state index in [1.165, 1.54) is 6.07 Å². The van der Waals surface area contributed by atoms with Crippen molar-refractivity contribution in [3.63, 3.8) is 0 Å². The Labute approximate surface area is 167 Å². The molecule has 0 unspecified atom stereocenters. The molecule has 0 aliphatic heterocycles. The fourth-order valence-corrected chi connectivity index (χ4v) is 3.12. The van der Waals surface area contributed by atoms with Gasteiger partial charge in [-0.3, -0.25) is 25.1 Å². The van der Waals surface area contributed by atoms with Crippen LogP contribution in [-0.2, 0) is 6.54 Å². The van der Waals surface area contributed by atoms with Crippen molar-refractivity contribution in [3.05, 3.63) is 76.1 Å². The van der Waals surface area contributed by atoms with Gasteiger partial charge in [0.05, 0.1) is 17.2 Å². The smallest absolute Gasteiger partial charge is 0.305 e. The van der Waals surface area contributed by atoms with Crippen molar-refractivity contribution in [1.29, 1.82) is 0 Å². The molecule has 142 valence electrons. The molecular formula is C19H15BrN4O4. The first-order valence-corrected chi connectivity index (χ1v) is 9.16. The van der Waals surface area contributed by atoms with Gasteiger partial charge in [-0.1, -0.05) is 18.2 Å². The molecule has 8 nitrogen and oxygen atoms in total. The molecule has 0 saturated carbocycles. The van der Waals surface area contributed by atoms with Gasteiger partial charge >= 0.3 is 11.8 Å². The molecule has 0 atom stereocenters. The molecule has 0 fully saturated rings. The molecule has 0 bridgehead atoms. The summed E-state index contributed by atoms with van der Waals surface area (Å²) in [7, 11) is 0. The third-order valence-corrected chi connectivity index (χ3v) is 4.55. The van der Waals surface area contributed by atoms with Crippen LogP contribution in [0.5, 0.6) is 0 Å². The Hall–Kier alpha value is -3.33. The molecule has 0 aliphatic carbocycles. The zero-order valence-corrected chi connectivity index (χ0v) is 16.3. The number of aromatic nitrogens is 2. The van der Waals surface area contributed by atoms with Gasteiger partial charge in [-0.2, -0.15) is 5.10 Å². The normalized spacial score (nSPS) is 10.9. The molecule has 2 amide bonds. The van der Waals surface area contributed by atoms with Gasteiger partial charge in [0.15, 0.2) is 11.5 Å². The standard InChI is InChI=1S/C19H15BrN4O4/c1-11-14-4-2-3-5-15(14)28-17(11)19(26)23-22-18(25)16-7-6-13(27-16)10-24-9-12(20)8-21-24/h2-9H,10H2,1H3,(H,22,25)(H,23,26). The average Bonchev–Trinajstić information content (AvgIpc) is 3.40. The van der Waals surface area contributed by atoms with Gasteiger partial charge in [0.25, 0.3) is 0 Å². The number of hydrogen-bond acceptors (Lipinski definition) is 5. The molecule has 0 saturated heterocycles. The summed E-state index contributed by atoms with van der Waals surface area (Å²) >= 11 is 3.32. The van der Waals surface area contributed by atoms with Crippen LogP contribution in [0.2, 0.25) is 0 Å². The van der Waals surface area contributed by atoms with E-state index >= 15 is 0 Å². The number of halogens is 1. The van der Waals surface area contributed by atoms with Crippen LogP contribution in [0.3, 0.4) is 0 Å². The van der Waals surface area contributed by atoms with E-state index < -0.39 is 11.8 Å². The Morgan fingerprint density at radius 3 is 2.64 bits per heavy atom. The van der Waals surface area contributed by atoms with Gasteiger partial charge in [0.1, 0.15) is 11.3 Å². The summed E-state index contributed by atoms with van der Waals surface area (Å²) in [5.41, 5.74) is 5.98. The molecule has 0 spiro atoms. The van der Waals surface area contributed by atoms with E-state index in [-0.39, 0.29) is 11.5 Å². The topological polar surface area (TPSA) is 102 Å². The van der Waals surface area contributed by atoms with Crippen LogP contribution in [0, 0.1) is 6.92 Å². The van der Waals surface area contributed by atoms with E-state index in [1.54, 1.807) is 36.1 Å². The molecular weight excluding hydrogens is 428 g/mol. The quantitative estimate of drug-likeness (QED) is 0.471. The maximum Gasteiger partial charge on any atom is 0.305 e. The highest BCUT2D eigenvalue weighted by Crippen LogP contribution is 2.24. The minimum Gasteiger partial charge on any atom is -0.454 e. The maximum absolute atomic E-state index is 12.4. The number of hydrazine groups is 1. The first-order valence-electron chi connectivity index (χ1n) is 8.37. The van der Waals surface area contributed by atoms with Crippen molar-refractivity contribution >= 4 is 38.7 Å². The van der Waals surface area contributed by atoms with Gasteiger partial charge in [0.2, 0.25) is 0 Å². The first kappa shape index (κ1) is 18.1. The number of carbonyl (C=O) groups is 2. The lowest BCUT2D eigenvalue weighted by atomic mass is 10.1. The Morgan fingerprint density at radius 2 is 1.89 bits per heavy atom. The second kappa shape index (κ2) is 7.35. The highest BCUT2D eigenvalue weighted by molar-refractivity contribution is 9.10. The van der Waals surface area contributed by atoms with E-state index in [2.05, 4.69) is 31.9 Å². The van der Waals surface area contributed by atoms with E-state index in [9.17, 15) is 9.59 Å². The second-order valence-corrected chi connectivity index (χ2v) is 7.00. The van der Waals surface area contributed by atoms with Gasteiger partial charge in [-0.15, -0.1) is 0 Å². The SMILES string of the molecule is Cc1c(C(=O)NNC(=O)c2ccc(Cn3cc(Br)cn3)o2)oc2ccccc12. The zero-order chi connectivity index (χ0) is 19.7. The summed E-state index contributed by atoms with van der Waals surface area (Å²) in [5.74, 6) is -0.348. The Bertz CT molecular complexity index is 1170. The number of nitrogens with zero attached hydrogens (tertiary/aromatic N) is 2. The predicted octanol–water partition coefficient (Wildman–Crippen LogP) is 3.42. The molecule has 4 rings (SSSR count). The summed E-state index contributed by atoms with van der Waals surface area (Å²) in [6, 6.07) is 10.5. The van der Waals surface area contributed by atoms with Crippen molar-refractivity contribution in [2.24, 2.45) is 0 Å². The van der Waals surface area contributed by atoms with Gasteiger partial charge in [-0.05, 0) is 41.1 Å². The number of aryl methyl sites for hydroxylation is 1. The number of furan rings is 2. The van der Waals surface area contributed by atoms with Crippen molar-refractivity contribution in [2.75, 3.05) is 0 Å². The Kier molecular flexibility index (Phi) is 4.74. The minimum absolute atomic E-state index is 0.0721. The van der Waals surface area contributed by atoms with Crippen molar-refractivity contribution in [2.45, 2.75) is 13.5 Å². The van der Waals surface area contributed by atoms with Gasteiger partial charge in [0, 0.05) is 17.1 Å². The number of carbonyl (C=O) groups excluding carboxylic acids is 2. The molecule has 0 radical (unpaired) electrons. The van der Waals surface area contributed by atoms with Gasteiger partial charge < -0.3 is 8.83 Å². The lowest BCUT2D eigenvalue weighted by molar-refractivity contribution is 0.0816. The van der Waals surface area contributed by atoms with Crippen LogP contribution in [0.25, 0.3) is 11.0 Å². The summed E-state index contributed by atoms with van der Waals surface area (Å²) in [4.78, 5) is 24.6. The van der Waals surface area contributed by atoms with Crippen LogP contribution in [-0.4, -0.2) is 21.6 Å². The zero-order valence-electron chi connectivity index (χ0n) is 14.7. The third kappa shape index (κ3) is 3.56. The predicted molar refractivity (Wildman–Crippen MR) is 104 cm³/mol. The second-order valence-electron chi connectivity index (χ2n) is 6.08. The summed E-state index contributed by atoms with van der Waals surface area (Å²) in [5, 5.41) is 4.97. The van der Waals surface area contributed by atoms with Crippen molar-refractivity contribution < 1.29 is 18.4 Å². The van der Waals surface area contributed by atoms with Crippen LogP contribution in [0.4, 0.5) is 0 Å². The van der Waals surface area contributed by atoms with Crippen molar-refractivity contribution in [1.82, 2.24) is 20.6 Å². The number of rotatable bonds is 4. The molecule has 4 aromatic rings. The monoisotopic (exact) mass is 442 g/mol. The molecule has 9 heteroatoms. The lowest BCUT2D eigenvalue weighted by Gasteiger charge is -2.04. The molecule has 3 aromatic heterocycles. The van der Waals surface area contributed by atoms with Crippen molar-refractivity contribution in [3.8, 4) is 0 Å². The highest BCUT2D eigenvalue weighted by Gasteiger charge is 2.19. The van der Waals surface area contributed by atoms with Crippen LogP contribution >= 0.6 is 15.9 Å². The number of benzene rings is 1. The number of hydrogen-bond donors (Lipinski definition) is 2. The molecule has 0 aliphatic rings. The summed E-state index contributed by atoms with van der Waals surface area (Å²) in [6.45, 7) is 2.17. The van der Waals surface area contributed by atoms with Crippen LogP contribution in [0.15, 0.2) is 62.1 Å². The molecule has 2 N–H and O–H groups in total. The van der Waals surface area contributed by atoms with Crippen LogP contribution < -0.4 is 10.9 Å². The summed E-state index contributed by atoms with van der Waals surface area (Å²) in [6.07, 6.45) is 3.45. The highest BCUT2D eigenvalue weighted by atomic mass is 79.9. The first-order chi connectivity index (χ1) is 13.5. The van der Waals surface area contributed by atoms with Gasteiger partial charge in [-0.25, -0.2) is 0 Å². The fraction of sp³-hybridized carbons (Fsp3) is 0.105. The Morgan fingerprint density at radius 1 is 1.11 bits per heavy atom. The Balaban J connectivity index is 1.40. The van der Waals surface area contributed by atoms with E-state index in [0.717, 1.165) is 9.86 Å². The largest absolute Gasteiger partial charge is 0.454 e. The number of para-hydroxylation sites is 1. The van der Waals surface area contributed by atoms with Crippen LogP contribution in [0.1, 0.15) is 32.4 Å². The summed E-state index contributed by atoms with van der Waals surface area (Å²) < 4.78 is 13.6. The number of amides is 2. The molecule has 28 heavy (non-hydrogen) atoms. The fourth-order valence-electron chi connectivity index (χ4n) is 2.79.